The van der Waals surface area contributed by atoms with E-state index in [4.69, 9.17) is 0 Å². The number of alkyl halides is 8. The average Bonchev–Trinajstić information content (AvgIpc) is 2.62. The summed E-state index contributed by atoms with van der Waals surface area (Å²) < 4.78 is 104. The highest BCUT2D eigenvalue weighted by Gasteiger charge is 2.83. The van der Waals surface area contributed by atoms with Gasteiger partial charge in [-0.25, -0.2) is 4.68 Å². The van der Waals surface area contributed by atoms with Gasteiger partial charge in [0, 0.05) is 0 Å². The molecule has 1 aliphatic rings. The maximum absolute atomic E-state index is 13.2. The third-order valence-corrected chi connectivity index (χ3v) is 2.41. The predicted octanol–water partition coefficient (Wildman–Crippen LogP) is 1.68. The first-order valence-corrected chi connectivity index (χ1v) is 4.23. The number of tetrazole rings is 1. The van der Waals surface area contributed by atoms with Gasteiger partial charge in [0.05, 0.1) is 0 Å². The quantitative estimate of drug-likeness (QED) is 0.680. The number of aromatic nitrogens is 4. The van der Waals surface area contributed by atoms with Crippen LogP contribution in [-0.2, 0) is 12.5 Å². The topological polar surface area (TPSA) is 43.6 Å². The molecule has 0 saturated carbocycles. The minimum absolute atomic E-state index is 0.463. The Kier molecular flexibility index (Phi) is 2.22. The lowest BCUT2D eigenvalue weighted by molar-refractivity contribution is -0.366. The molecule has 102 valence electrons. The second-order valence-corrected chi connectivity index (χ2v) is 3.59. The summed E-state index contributed by atoms with van der Waals surface area (Å²) in [6.45, 7) is -2.17. The van der Waals surface area contributed by atoms with Gasteiger partial charge in [-0.2, -0.15) is 35.1 Å². The molecule has 1 aromatic heterocycles. The van der Waals surface area contributed by atoms with Crippen molar-refractivity contribution in [1.82, 2.24) is 20.2 Å². The third-order valence-electron chi connectivity index (χ3n) is 2.41. The van der Waals surface area contributed by atoms with Crippen LogP contribution in [0.25, 0.3) is 0 Å². The van der Waals surface area contributed by atoms with Gasteiger partial charge in [-0.05, 0) is 10.4 Å². The summed E-state index contributed by atoms with van der Waals surface area (Å²) in [4.78, 5) is 0. The zero-order valence-electron chi connectivity index (χ0n) is 8.02. The van der Waals surface area contributed by atoms with E-state index in [-0.39, 0.29) is 0 Å². The zero-order chi connectivity index (χ0) is 14.0. The Morgan fingerprint density at radius 3 is 2.00 bits per heavy atom. The predicted molar refractivity (Wildman–Crippen MR) is 36.6 cm³/mol. The molecule has 1 aromatic rings. The van der Waals surface area contributed by atoms with Crippen molar-refractivity contribution in [3.63, 3.8) is 0 Å². The van der Waals surface area contributed by atoms with Crippen LogP contribution in [0.15, 0.2) is 0 Å². The first-order valence-electron chi connectivity index (χ1n) is 4.23. The first kappa shape index (κ1) is 13.0. The van der Waals surface area contributed by atoms with Crippen molar-refractivity contribution in [2.75, 3.05) is 0 Å². The van der Waals surface area contributed by atoms with E-state index in [1.807, 2.05) is 0 Å². The summed E-state index contributed by atoms with van der Waals surface area (Å²) in [6, 6.07) is 0. The lowest BCUT2D eigenvalue weighted by Crippen LogP contribution is -2.60. The van der Waals surface area contributed by atoms with E-state index in [1.165, 1.54) is 0 Å². The van der Waals surface area contributed by atoms with Gasteiger partial charge >= 0.3 is 23.7 Å². The first-order chi connectivity index (χ1) is 7.95. The lowest BCUT2D eigenvalue weighted by atomic mass is 10.0. The Balaban J connectivity index is 2.74. The number of nitrogens with zero attached hydrogens (tertiary/aromatic N) is 4. The molecule has 0 atom stereocenters. The fraction of sp³-hybridized carbons (Fsp3) is 0.833. The van der Waals surface area contributed by atoms with Crippen molar-refractivity contribution in [2.45, 2.75) is 30.2 Å². The van der Waals surface area contributed by atoms with Crippen LogP contribution in [0.5, 0.6) is 0 Å². The van der Waals surface area contributed by atoms with E-state index in [9.17, 15) is 35.1 Å². The molecule has 18 heavy (non-hydrogen) atoms. The normalized spacial score (nSPS) is 27.3. The SMILES string of the molecule is FC1(F)Cn2nnnc2C(F)(F)C(F)(F)C1(F)F. The van der Waals surface area contributed by atoms with Gasteiger partial charge in [-0.3, -0.25) is 0 Å². The highest BCUT2D eigenvalue weighted by atomic mass is 19.4. The molecule has 0 N–H and O–H groups in total. The number of halogens is 8. The third kappa shape index (κ3) is 1.22. The average molecular weight is 282 g/mol. The van der Waals surface area contributed by atoms with Crippen molar-refractivity contribution in [3.05, 3.63) is 5.82 Å². The van der Waals surface area contributed by atoms with E-state index in [1.54, 1.807) is 0 Å². The second-order valence-electron chi connectivity index (χ2n) is 3.59. The fourth-order valence-corrected chi connectivity index (χ4v) is 1.39. The molecular weight excluding hydrogens is 280 g/mol. The van der Waals surface area contributed by atoms with Crippen LogP contribution in [0.2, 0.25) is 0 Å². The zero-order valence-corrected chi connectivity index (χ0v) is 8.02. The van der Waals surface area contributed by atoms with E-state index >= 15 is 0 Å². The minimum Gasteiger partial charge on any atom is -0.218 e. The molecule has 0 spiro atoms. The number of hydrogen-bond donors (Lipinski definition) is 0. The molecule has 4 nitrogen and oxygen atoms in total. The van der Waals surface area contributed by atoms with Gasteiger partial charge in [-0.1, -0.05) is 0 Å². The smallest absolute Gasteiger partial charge is 0.218 e. The Morgan fingerprint density at radius 1 is 0.889 bits per heavy atom. The van der Waals surface area contributed by atoms with Crippen LogP contribution < -0.4 is 0 Å². The van der Waals surface area contributed by atoms with Gasteiger partial charge in [0.2, 0.25) is 5.82 Å². The standard InChI is InChI=1S/C6H2F8N4/c7-3(8)1-18-2(15-16-17-18)4(9,10)6(13,14)5(3,11)12/h1H2. The van der Waals surface area contributed by atoms with Crippen molar-refractivity contribution in [2.24, 2.45) is 0 Å². The molecule has 12 heteroatoms. The monoisotopic (exact) mass is 282 g/mol. The molecule has 0 saturated heterocycles. The summed E-state index contributed by atoms with van der Waals surface area (Å²) in [7, 11) is 0. The molecule has 0 radical (unpaired) electrons. The summed E-state index contributed by atoms with van der Waals surface area (Å²) in [6.07, 6.45) is 0. The van der Waals surface area contributed by atoms with Gasteiger partial charge in [0.15, 0.2) is 0 Å². The number of hydrogen-bond acceptors (Lipinski definition) is 3. The molecule has 0 unspecified atom stereocenters. The van der Waals surface area contributed by atoms with Crippen LogP contribution in [0, 0.1) is 0 Å². The number of fused-ring (bicyclic) bond motifs is 1. The van der Waals surface area contributed by atoms with Gasteiger partial charge < -0.3 is 0 Å². The largest absolute Gasteiger partial charge is 0.385 e. The van der Waals surface area contributed by atoms with E-state index < -0.39 is 40.7 Å². The Labute approximate surface area is 92.6 Å². The van der Waals surface area contributed by atoms with E-state index in [0.29, 0.717) is 0 Å². The van der Waals surface area contributed by atoms with Crippen LogP contribution in [0.1, 0.15) is 5.82 Å². The Morgan fingerprint density at radius 2 is 1.44 bits per heavy atom. The fourth-order valence-electron chi connectivity index (χ4n) is 1.39. The lowest BCUT2D eigenvalue weighted by Gasteiger charge is -2.32. The molecule has 2 rings (SSSR count). The maximum Gasteiger partial charge on any atom is 0.385 e. The molecule has 0 bridgehead atoms. The molecule has 2 heterocycles. The number of rotatable bonds is 0. The van der Waals surface area contributed by atoms with Crippen LogP contribution >= 0.6 is 0 Å². The van der Waals surface area contributed by atoms with Crippen molar-refractivity contribution in [3.8, 4) is 0 Å². The van der Waals surface area contributed by atoms with E-state index in [2.05, 4.69) is 15.5 Å². The second kappa shape index (κ2) is 3.09. The molecule has 0 fully saturated rings. The van der Waals surface area contributed by atoms with E-state index in [0.717, 1.165) is 0 Å². The van der Waals surface area contributed by atoms with Crippen LogP contribution in [-0.4, -0.2) is 38.0 Å². The maximum atomic E-state index is 13.2. The Hall–Kier alpha value is -1.49. The summed E-state index contributed by atoms with van der Waals surface area (Å²) in [5, 5.41) is 7.46. The molecule has 0 amide bonds. The highest BCUT2D eigenvalue weighted by molar-refractivity contribution is 5.13. The van der Waals surface area contributed by atoms with Gasteiger partial charge in [0.1, 0.15) is 6.54 Å². The van der Waals surface area contributed by atoms with Gasteiger partial charge in [0.25, 0.3) is 0 Å². The summed E-state index contributed by atoms with van der Waals surface area (Å²) >= 11 is 0. The minimum atomic E-state index is -6.33. The van der Waals surface area contributed by atoms with Crippen molar-refractivity contribution in [1.29, 1.82) is 0 Å². The summed E-state index contributed by atoms with van der Waals surface area (Å²) in [5.41, 5.74) is 0. The molecule has 0 aliphatic carbocycles. The van der Waals surface area contributed by atoms with Crippen LogP contribution in [0.3, 0.4) is 0 Å². The van der Waals surface area contributed by atoms with Gasteiger partial charge in [-0.15, -0.1) is 5.10 Å². The molecule has 0 aromatic carbocycles. The van der Waals surface area contributed by atoms with Crippen LogP contribution in [0.4, 0.5) is 35.1 Å². The summed E-state index contributed by atoms with van der Waals surface area (Å²) in [5.74, 6) is -25.7. The highest BCUT2D eigenvalue weighted by Crippen LogP contribution is 2.57. The molecular formula is C6H2F8N4. The van der Waals surface area contributed by atoms with Crippen molar-refractivity contribution < 1.29 is 35.1 Å². The molecule has 1 aliphatic heterocycles. The Bertz CT molecular complexity index is 480. The van der Waals surface area contributed by atoms with Crippen molar-refractivity contribution >= 4 is 0 Å².